The maximum atomic E-state index is 13.6. The highest BCUT2D eigenvalue weighted by Gasteiger charge is 2.22. The van der Waals surface area contributed by atoms with Crippen LogP contribution >= 0.6 is 11.8 Å². The number of thioether (sulfide) groups is 1. The van der Waals surface area contributed by atoms with Crippen molar-refractivity contribution < 1.29 is 4.39 Å². The third kappa shape index (κ3) is 2.40. The zero-order valence-electron chi connectivity index (χ0n) is 9.00. The van der Waals surface area contributed by atoms with Crippen LogP contribution < -0.4 is 5.32 Å². The molecule has 1 heterocycles. The second-order valence-electron chi connectivity index (χ2n) is 3.76. The molecule has 16 heavy (non-hydrogen) atoms. The molecule has 1 unspecified atom stereocenters. The van der Waals surface area contributed by atoms with Crippen molar-refractivity contribution in [2.24, 2.45) is 0 Å². The van der Waals surface area contributed by atoms with Crippen molar-refractivity contribution in [3.63, 3.8) is 0 Å². The number of fused-ring (bicyclic) bond motifs is 1. The summed E-state index contributed by atoms with van der Waals surface area (Å²) in [5.74, 6) is 3.46. The van der Waals surface area contributed by atoms with E-state index in [4.69, 9.17) is 6.42 Å². The molecule has 1 aliphatic heterocycles. The molecule has 2 rings (SSSR count). The number of terminal acetylenes is 1. The van der Waals surface area contributed by atoms with Crippen molar-refractivity contribution in [2.45, 2.75) is 23.8 Å². The van der Waals surface area contributed by atoms with E-state index in [-0.39, 0.29) is 11.9 Å². The summed E-state index contributed by atoms with van der Waals surface area (Å²) >= 11 is 1.60. The first-order valence-corrected chi connectivity index (χ1v) is 6.39. The Labute approximate surface area is 99.8 Å². The summed E-state index contributed by atoms with van der Waals surface area (Å²) in [6, 6.07) is 5.55. The van der Waals surface area contributed by atoms with Gasteiger partial charge in [-0.2, -0.15) is 0 Å². The van der Waals surface area contributed by atoms with Gasteiger partial charge in [-0.3, -0.25) is 0 Å². The van der Waals surface area contributed by atoms with Gasteiger partial charge in [0, 0.05) is 23.9 Å². The highest BCUT2D eigenvalue weighted by atomic mass is 32.2. The highest BCUT2D eigenvalue weighted by molar-refractivity contribution is 7.99. The predicted molar refractivity (Wildman–Crippen MR) is 65.9 cm³/mol. The predicted octanol–water partition coefficient (Wildman–Crippen LogP) is 2.98. The van der Waals surface area contributed by atoms with E-state index < -0.39 is 0 Å². The summed E-state index contributed by atoms with van der Waals surface area (Å²) in [4.78, 5) is 0.798. The Morgan fingerprint density at radius 3 is 3.25 bits per heavy atom. The lowest BCUT2D eigenvalue weighted by Gasteiger charge is -2.26. The Morgan fingerprint density at radius 2 is 2.44 bits per heavy atom. The first kappa shape index (κ1) is 11.5. The van der Waals surface area contributed by atoms with E-state index in [1.54, 1.807) is 17.8 Å². The molecule has 1 nitrogen and oxygen atoms in total. The highest BCUT2D eigenvalue weighted by Crippen LogP contribution is 2.37. The largest absolute Gasteiger partial charge is 0.309 e. The molecule has 1 aromatic carbocycles. The third-order valence-corrected chi connectivity index (χ3v) is 3.85. The average Bonchev–Trinajstić information content (AvgIpc) is 2.31. The van der Waals surface area contributed by atoms with Gasteiger partial charge in [0.25, 0.3) is 0 Å². The van der Waals surface area contributed by atoms with Crippen molar-refractivity contribution >= 4 is 11.8 Å². The van der Waals surface area contributed by atoms with Crippen molar-refractivity contribution in [3.05, 3.63) is 29.6 Å². The number of nitrogens with one attached hydrogen (secondary N) is 1. The first-order valence-electron chi connectivity index (χ1n) is 5.41. The molecule has 0 bridgehead atoms. The normalized spacial score (nSPS) is 18.9. The van der Waals surface area contributed by atoms with Crippen LogP contribution in [0, 0.1) is 18.2 Å². The lowest BCUT2D eigenvalue weighted by molar-refractivity contribution is 0.503. The van der Waals surface area contributed by atoms with E-state index in [1.807, 2.05) is 6.07 Å². The molecule has 0 aliphatic carbocycles. The molecule has 1 aliphatic rings. The molecule has 0 saturated carbocycles. The van der Waals surface area contributed by atoms with Crippen LogP contribution in [0.4, 0.5) is 4.39 Å². The number of hydrogen-bond donors (Lipinski definition) is 1. The van der Waals surface area contributed by atoms with Gasteiger partial charge in [-0.15, -0.1) is 24.1 Å². The standard InChI is InChI=1S/C13H14FNS/c1-2-3-8-15-12-7-9-16-13-10(12)5-4-6-11(13)14/h1,4-6,12,15H,3,7-9H2. The van der Waals surface area contributed by atoms with Crippen LogP contribution in [0.3, 0.4) is 0 Å². The molecule has 0 spiro atoms. The lowest BCUT2D eigenvalue weighted by atomic mass is 10.0. The van der Waals surface area contributed by atoms with Gasteiger partial charge in [0.05, 0.1) is 0 Å². The Hall–Kier alpha value is -0.980. The maximum Gasteiger partial charge on any atom is 0.137 e. The summed E-state index contributed by atoms with van der Waals surface area (Å²) < 4.78 is 13.6. The van der Waals surface area contributed by atoms with Crippen molar-refractivity contribution in [2.75, 3.05) is 12.3 Å². The van der Waals surface area contributed by atoms with Crippen molar-refractivity contribution in [1.29, 1.82) is 0 Å². The second-order valence-corrected chi connectivity index (χ2v) is 4.86. The molecule has 0 saturated heterocycles. The fraction of sp³-hybridized carbons (Fsp3) is 0.385. The smallest absolute Gasteiger partial charge is 0.137 e. The van der Waals surface area contributed by atoms with Crippen LogP contribution in [0.2, 0.25) is 0 Å². The summed E-state index contributed by atoms with van der Waals surface area (Å²) in [5, 5.41) is 3.38. The molecule has 3 heteroatoms. The van der Waals surface area contributed by atoms with Gasteiger partial charge in [-0.05, 0) is 23.8 Å². The molecular weight excluding hydrogens is 221 g/mol. The molecule has 84 valence electrons. The quantitative estimate of drug-likeness (QED) is 0.638. The van der Waals surface area contributed by atoms with Gasteiger partial charge >= 0.3 is 0 Å². The monoisotopic (exact) mass is 235 g/mol. The third-order valence-electron chi connectivity index (χ3n) is 2.69. The van der Waals surface area contributed by atoms with Gasteiger partial charge in [0.15, 0.2) is 0 Å². The number of rotatable bonds is 3. The summed E-state index contributed by atoms with van der Waals surface area (Å²) in [7, 11) is 0. The number of hydrogen-bond acceptors (Lipinski definition) is 2. The summed E-state index contributed by atoms with van der Waals surface area (Å²) in [6.45, 7) is 0.793. The minimum Gasteiger partial charge on any atom is -0.309 e. The van der Waals surface area contributed by atoms with Crippen LogP contribution in [0.15, 0.2) is 23.1 Å². The van der Waals surface area contributed by atoms with Crippen molar-refractivity contribution in [1.82, 2.24) is 5.32 Å². The van der Waals surface area contributed by atoms with E-state index in [2.05, 4.69) is 11.2 Å². The SMILES string of the molecule is C#CCCNC1CCSc2c(F)cccc21. The zero-order chi connectivity index (χ0) is 11.4. The van der Waals surface area contributed by atoms with Gasteiger partial charge in [-0.1, -0.05) is 12.1 Å². The summed E-state index contributed by atoms with van der Waals surface area (Å²) in [5.41, 5.74) is 1.08. The van der Waals surface area contributed by atoms with E-state index in [1.165, 1.54) is 6.07 Å². The van der Waals surface area contributed by atoms with Crippen LogP contribution in [0.1, 0.15) is 24.4 Å². The Morgan fingerprint density at radius 1 is 1.56 bits per heavy atom. The van der Waals surface area contributed by atoms with Gasteiger partial charge in [-0.25, -0.2) is 4.39 Å². The first-order chi connectivity index (χ1) is 7.83. The molecule has 1 aromatic rings. The minimum atomic E-state index is -0.106. The van der Waals surface area contributed by atoms with E-state index in [0.717, 1.165) is 29.2 Å². The number of benzene rings is 1. The molecular formula is C13H14FNS. The fourth-order valence-electron chi connectivity index (χ4n) is 1.92. The van der Waals surface area contributed by atoms with Crippen LogP contribution in [-0.4, -0.2) is 12.3 Å². The Bertz CT molecular complexity index is 411. The molecule has 1 atom stereocenters. The van der Waals surface area contributed by atoms with Crippen molar-refractivity contribution in [3.8, 4) is 12.3 Å². The Balaban J connectivity index is 2.14. The van der Waals surface area contributed by atoms with Crippen LogP contribution in [0.25, 0.3) is 0 Å². The summed E-state index contributed by atoms with van der Waals surface area (Å²) in [6.07, 6.45) is 6.96. The van der Waals surface area contributed by atoms with Gasteiger partial charge in [0.1, 0.15) is 5.82 Å². The molecule has 0 radical (unpaired) electrons. The maximum absolute atomic E-state index is 13.6. The van der Waals surface area contributed by atoms with Crippen LogP contribution in [-0.2, 0) is 0 Å². The van der Waals surface area contributed by atoms with E-state index in [0.29, 0.717) is 6.42 Å². The Kier molecular flexibility index (Phi) is 3.87. The zero-order valence-corrected chi connectivity index (χ0v) is 9.82. The topological polar surface area (TPSA) is 12.0 Å². The van der Waals surface area contributed by atoms with Crippen LogP contribution in [0.5, 0.6) is 0 Å². The van der Waals surface area contributed by atoms with Gasteiger partial charge in [0.2, 0.25) is 0 Å². The molecule has 0 aromatic heterocycles. The van der Waals surface area contributed by atoms with Gasteiger partial charge < -0.3 is 5.32 Å². The molecule has 0 amide bonds. The number of halogens is 1. The molecule has 1 N–H and O–H groups in total. The lowest BCUT2D eigenvalue weighted by Crippen LogP contribution is -2.25. The minimum absolute atomic E-state index is 0.106. The fourth-order valence-corrected chi connectivity index (χ4v) is 3.06. The van der Waals surface area contributed by atoms with E-state index in [9.17, 15) is 4.39 Å². The second kappa shape index (κ2) is 5.38. The average molecular weight is 235 g/mol. The van der Waals surface area contributed by atoms with E-state index >= 15 is 0 Å². The molecule has 0 fully saturated rings.